The number of furan rings is 1. The average molecular weight is 426 g/mol. The number of methoxy groups -OCH3 is 1. The lowest BCUT2D eigenvalue weighted by atomic mass is 9.98. The lowest BCUT2D eigenvalue weighted by molar-refractivity contribution is -0.130. The van der Waals surface area contributed by atoms with Gasteiger partial charge in [-0.25, -0.2) is 9.69 Å². The van der Waals surface area contributed by atoms with E-state index in [9.17, 15) is 4.79 Å². The van der Waals surface area contributed by atoms with Gasteiger partial charge in [0, 0.05) is 25.1 Å². The molecule has 1 atom stereocenters. The molecule has 2 aromatic heterocycles. The molecule has 0 spiro atoms. The van der Waals surface area contributed by atoms with Gasteiger partial charge >= 0.3 is 0 Å². The molecule has 2 aromatic carbocycles. The van der Waals surface area contributed by atoms with Gasteiger partial charge in [0.05, 0.1) is 30.8 Å². The summed E-state index contributed by atoms with van der Waals surface area (Å²) >= 11 is 0. The van der Waals surface area contributed by atoms with Crippen LogP contribution in [0.3, 0.4) is 0 Å². The summed E-state index contributed by atoms with van der Waals surface area (Å²) in [7, 11) is 1.64. The monoisotopic (exact) mass is 426 g/mol. The van der Waals surface area contributed by atoms with Gasteiger partial charge in [-0.15, -0.1) is 0 Å². The minimum atomic E-state index is -0.290. The third-order valence-corrected chi connectivity index (χ3v) is 5.53. The second-order valence-corrected chi connectivity index (χ2v) is 7.55. The molecule has 7 nitrogen and oxygen atoms in total. The summed E-state index contributed by atoms with van der Waals surface area (Å²) in [5, 5.41) is 11.0. The Balaban J connectivity index is 1.57. The molecular formula is C25H22N4O3. The summed E-state index contributed by atoms with van der Waals surface area (Å²) in [4.78, 5) is 12.5. The summed E-state index contributed by atoms with van der Waals surface area (Å²) in [6, 6.07) is 21.0. The van der Waals surface area contributed by atoms with Crippen LogP contribution in [-0.2, 0) is 4.79 Å². The molecule has 0 N–H and O–H groups in total. The number of aromatic nitrogens is 2. The summed E-state index contributed by atoms with van der Waals surface area (Å²) in [5.74, 6) is 1.30. The van der Waals surface area contributed by atoms with E-state index in [2.05, 4.69) is 5.10 Å². The molecule has 3 heterocycles. The zero-order valence-electron chi connectivity index (χ0n) is 17.8. The standard InChI is InChI=1S/C25H22N4O3/c1-17(30)29-23(15-22(26-29)18-10-12-20(31-2)13-11-18)21-16-28(19-7-4-3-5-8-19)27-25(21)24-9-6-14-32-24/h3-14,16,23H,15H2,1-2H3. The van der Waals surface area contributed by atoms with Crippen molar-refractivity contribution < 1.29 is 13.9 Å². The largest absolute Gasteiger partial charge is 0.497 e. The molecule has 32 heavy (non-hydrogen) atoms. The van der Waals surface area contributed by atoms with Gasteiger partial charge in [0.15, 0.2) is 5.76 Å². The number of hydrazone groups is 1. The Morgan fingerprint density at radius 2 is 1.84 bits per heavy atom. The summed E-state index contributed by atoms with van der Waals surface area (Å²) in [6.45, 7) is 1.53. The van der Waals surface area contributed by atoms with E-state index in [0.29, 0.717) is 17.9 Å². The van der Waals surface area contributed by atoms with Gasteiger partial charge in [-0.2, -0.15) is 10.2 Å². The van der Waals surface area contributed by atoms with Crippen LogP contribution in [0, 0.1) is 0 Å². The van der Waals surface area contributed by atoms with Crippen LogP contribution in [0.4, 0.5) is 0 Å². The zero-order valence-corrected chi connectivity index (χ0v) is 17.8. The second kappa shape index (κ2) is 8.19. The van der Waals surface area contributed by atoms with E-state index in [0.717, 1.165) is 28.3 Å². The lowest BCUT2D eigenvalue weighted by Gasteiger charge is -2.19. The highest BCUT2D eigenvalue weighted by Gasteiger charge is 2.35. The maximum Gasteiger partial charge on any atom is 0.240 e. The second-order valence-electron chi connectivity index (χ2n) is 7.55. The van der Waals surface area contributed by atoms with Crippen molar-refractivity contribution in [3.8, 4) is 22.9 Å². The summed E-state index contributed by atoms with van der Waals surface area (Å²) in [5.41, 5.74) is 4.29. The number of hydrogen-bond acceptors (Lipinski definition) is 5. The van der Waals surface area contributed by atoms with Gasteiger partial charge in [-0.3, -0.25) is 4.79 Å². The SMILES string of the molecule is COc1ccc(C2=NN(C(C)=O)C(c3cn(-c4ccccc4)nc3-c3ccco3)C2)cc1. The van der Waals surface area contributed by atoms with E-state index >= 15 is 0 Å². The van der Waals surface area contributed by atoms with Crippen molar-refractivity contribution in [2.45, 2.75) is 19.4 Å². The molecule has 1 aliphatic heterocycles. The minimum Gasteiger partial charge on any atom is -0.497 e. The Kier molecular flexibility index (Phi) is 5.07. The molecule has 1 unspecified atom stereocenters. The van der Waals surface area contributed by atoms with Crippen molar-refractivity contribution in [2.75, 3.05) is 7.11 Å². The van der Waals surface area contributed by atoms with Crippen LogP contribution in [0.15, 0.2) is 88.7 Å². The van der Waals surface area contributed by atoms with Gasteiger partial charge < -0.3 is 9.15 Å². The van der Waals surface area contributed by atoms with Gasteiger partial charge in [-0.05, 0) is 54.1 Å². The number of carbonyl (C=O) groups is 1. The summed E-state index contributed by atoms with van der Waals surface area (Å²) in [6.07, 6.45) is 4.15. The number of amides is 1. The molecule has 0 aliphatic carbocycles. The highest BCUT2D eigenvalue weighted by Crippen LogP contribution is 2.38. The molecule has 4 aromatic rings. The third-order valence-electron chi connectivity index (χ3n) is 5.53. The topological polar surface area (TPSA) is 72.9 Å². The average Bonchev–Trinajstić information content (AvgIpc) is 3.58. The Bertz CT molecular complexity index is 1260. The molecule has 0 saturated heterocycles. The van der Waals surface area contributed by atoms with E-state index in [1.165, 1.54) is 6.92 Å². The van der Waals surface area contributed by atoms with E-state index < -0.39 is 0 Å². The van der Waals surface area contributed by atoms with Crippen LogP contribution in [0.5, 0.6) is 5.75 Å². The maximum absolute atomic E-state index is 12.5. The van der Waals surface area contributed by atoms with Crippen LogP contribution in [0.25, 0.3) is 17.1 Å². The molecule has 5 rings (SSSR count). The molecule has 0 bridgehead atoms. The van der Waals surface area contributed by atoms with Crippen LogP contribution >= 0.6 is 0 Å². The van der Waals surface area contributed by atoms with E-state index in [1.807, 2.05) is 77.6 Å². The third kappa shape index (κ3) is 3.58. The van der Waals surface area contributed by atoms with Crippen LogP contribution in [0.1, 0.15) is 30.5 Å². The van der Waals surface area contributed by atoms with Crippen molar-refractivity contribution in [1.29, 1.82) is 0 Å². The lowest BCUT2D eigenvalue weighted by Crippen LogP contribution is -2.24. The van der Waals surface area contributed by atoms with Crippen molar-refractivity contribution >= 4 is 11.6 Å². The minimum absolute atomic E-state index is 0.128. The normalized spacial score (nSPS) is 15.6. The van der Waals surface area contributed by atoms with Crippen LogP contribution in [-0.4, -0.2) is 33.5 Å². The van der Waals surface area contributed by atoms with Gasteiger partial charge in [0.1, 0.15) is 11.4 Å². The first-order valence-corrected chi connectivity index (χ1v) is 10.3. The molecule has 1 amide bonds. The molecular weight excluding hydrogens is 404 g/mol. The Hall–Kier alpha value is -4.13. The number of benzene rings is 2. The fraction of sp³-hybridized carbons (Fsp3) is 0.160. The van der Waals surface area contributed by atoms with E-state index in [1.54, 1.807) is 18.4 Å². The van der Waals surface area contributed by atoms with Crippen molar-refractivity contribution in [3.05, 3.63) is 90.3 Å². The number of hydrogen-bond donors (Lipinski definition) is 0. The van der Waals surface area contributed by atoms with Crippen LogP contribution < -0.4 is 4.74 Å². The first-order chi connectivity index (χ1) is 15.6. The van der Waals surface area contributed by atoms with Crippen molar-refractivity contribution in [3.63, 3.8) is 0 Å². The number of rotatable bonds is 5. The number of ether oxygens (including phenoxy) is 1. The Morgan fingerprint density at radius 1 is 1.06 bits per heavy atom. The first kappa shape index (κ1) is 19.8. The van der Waals surface area contributed by atoms with Crippen molar-refractivity contribution in [2.24, 2.45) is 5.10 Å². The van der Waals surface area contributed by atoms with E-state index in [-0.39, 0.29) is 11.9 Å². The molecule has 7 heteroatoms. The highest BCUT2D eigenvalue weighted by molar-refractivity contribution is 6.03. The fourth-order valence-corrected chi connectivity index (χ4v) is 3.95. The molecule has 160 valence electrons. The predicted molar refractivity (Wildman–Crippen MR) is 121 cm³/mol. The van der Waals surface area contributed by atoms with Gasteiger partial charge in [0.2, 0.25) is 5.91 Å². The molecule has 1 aliphatic rings. The highest BCUT2D eigenvalue weighted by atomic mass is 16.5. The quantitative estimate of drug-likeness (QED) is 0.458. The van der Waals surface area contributed by atoms with E-state index in [4.69, 9.17) is 14.3 Å². The van der Waals surface area contributed by atoms with Gasteiger partial charge in [-0.1, -0.05) is 18.2 Å². The Labute approximate surface area is 185 Å². The number of carbonyl (C=O) groups excluding carboxylic acids is 1. The van der Waals surface area contributed by atoms with Crippen molar-refractivity contribution in [1.82, 2.24) is 14.8 Å². The fourth-order valence-electron chi connectivity index (χ4n) is 3.95. The number of para-hydroxylation sites is 1. The predicted octanol–water partition coefficient (Wildman–Crippen LogP) is 4.84. The first-order valence-electron chi connectivity index (χ1n) is 10.3. The zero-order chi connectivity index (χ0) is 22.1. The van der Waals surface area contributed by atoms with Crippen LogP contribution in [0.2, 0.25) is 0 Å². The van der Waals surface area contributed by atoms with Gasteiger partial charge in [0.25, 0.3) is 0 Å². The molecule has 0 saturated carbocycles. The molecule has 0 fully saturated rings. The molecule has 0 radical (unpaired) electrons. The Morgan fingerprint density at radius 3 is 2.50 bits per heavy atom. The maximum atomic E-state index is 12.5. The number of nitrogens with zero attached hydrogens (tertiary/aromatic N) is 4. The summed E-state index contributed by atoms with van der Waals surface area (Å²) < 4.78 is 12.7. The smallest absolute Gasteiger partial charge is 0.240 e.